The summed E-state index contributed by atoms with van der Waals surface area (Å²) in [4.78, 5) is 11.0. The van der Waals surface area contributed by atoms with Crippen LogP contribution in [0.1, 0.15) is 33.1 Å². The molecule has 2 heteroatoms. The maximum Gasteiger partial charge on any atom is 0.220 e. The predicted octanol–water partition coefficient (Wildman–Crippen LogP) is 1.76. The van der Waals surface area contributed by atoms with E-state index in [1.807, 2.05) is 0 Å². The second kappa shape index (κ2) is 6.20. The van der Waals surface area contributed by atoms with Gasteiger partial charge in [0.05, 0.1) is 0 Å². The van der Waals surface area contributed by atoms with Gasteiger partial charge in [-0.15, -0.1) is 0 Å². The smallest absolute Gasteiger partial charge is 0.220 e. The average molecular weight is 156 g/mol. The molecule has 0 heterocycles. The van der Waals surface area contributed by atoms with Crippen molar-refractivity contribution in [1.82, 2.24) is 5.32 Å². The van der Waals surface area contributed by atoms with Crippen LogP contribution in [0.15, 0.2) is 0 Å². The first-order valence-electron chi connectivity index (χ1n) is 4.22. The van der Waals surface area contributed by atoms with Gasteiger partial charge in [0.1, 0.15) is 0 Å². The minimum atomic E-state index is 0.155. The molecule has 0 saturated heterocycles. The lowest BCUT2D eigenvalue weighted by Crippen LogP contribution is -2.26. The molecule has 0 spiro atoms. The molecule has 65 valence electrons. The van der Waals surface area contributed by atoms with E-state index in [1.165, 1.54) is 0 Å². The zero-order valence-corrected chi connectivity index (χ0v) is 7.52. The molecule has 0 aromatic heterocycles. The fraction of sp³-hybridized carbons (Fsp3) is 0.778. The lowest BCUT2D eigenvalue weighted by atomic mass is 10.2. The minimum absolute atomic E-state index is 0.155. The summed E-state index contributed by atoms with van der Waals surface area (Å²) in [5, 5.41) is 2.85. The summed E-state index contributed by atoms with van der Waals surface area (Å²) < 4.78 is 0. The van der Waals surface area contributed by atoms with Gasteiger partial charge in [-0.2, -0.15) is 0 Å². The fourth-order valence-corrected chi connectivity index (χ4v) is 0.692. The van der Waals surface area contributed by atoms with Gasteiger partial charge in [-0.05, 0) is 12.3 Å². The highest BCUT2D eigenvalue weighted by molar-refractivity contribution is 5.75. The van der Waals surface area contributed by atoms with Crippen LogP contribution in [0.25, 0.3) is 0 Å². The molecule has 0 bridgehead atoms. The van der Waals surface area contributed by atoms with Crippen LogP contribution in [0.4, 0.5) is 0 Å². The van der Waals surface area contributed by atoms with E-state index in [9.17, 15) is 4.79 Å². The first kappa shape index (κ1) is 10.5. The standard InChI is InChI=1S/C9H18NO/c1-4-5-6-9(11)10-7-8(2)3/h8H,1,4-7H2,2-3H3,(H,10,11). The van der Waals surface area contributed by atoms with Gasteiger partial charge >= 0.3 is 0 Å². The Kier molecular flexibility index (Phi) is 5.90. The summed E-state index contributed by atoms with van der Waals surface area (Å²) in [5.74, 6) is 0.695. The third kappa shape index (κ3) is 7.37. The maximum absolute atomic E-state index is 11.0. The summed E-state index contributed by atoms with van der Waals surface area (Å²) in [6.07, 6.45) is 2.36. The molecule has 0 aromatic carbocycles. The van der Waals surface area contributed by atoms with E-state index in [0.29, 0.717) is 12.3 Å². The van der Waals surface area contributed by atoms with Gasteiger partial charge < -0.3 is 5.32 Å². The SMILES string of the molecule is [CH2]CCCC(=O)NCC(C)C. The van der Waals surface area contributed by atoms with Gasteiger partial charge in [-0.1, -0.05) is 27.2 Å². The molecule has 1 amide bonds. The van der Waals surface area contributed by atoms with Crippen molar-refractivity contribution >= 4 is 5.91 Å². The van der Waals surface area contributed by atoms with E-state index in [4.69, 9.17) is 0 Å². The van der Waals surface area contributed by atoms with Crippen LogP contribution in [0.2, 0.25) is 0 Å². The molecule has 0 aromatic rings. The van der Waals surface area contributed by atoms with Crippen LogP contribution in [-0.2, 0) is 4.79 Å². The second-order valence-electron chi connectivity index (χ2n) is 3.16. The molecule has 1 radical (unpaired) electrons. The van der Waals surface area contributed by atoms with Crippen molar-refractivity contribution in [3.05, 3.63) is 6.92 Å². The van der Waals surface area contributed by atoms with Crippen molar-refractivity contribution in [1.29, 1.82) is 0 Å². The van der Waals surface area contributed by atoms with Crippen molar-refractivity contribution < 1.29 is 4.79 Å². The monoisotopic (exact) mass is 156 g/mol. The zero-order chi connectivity index (χ0) is 8.69. The number of carbonyl (C=O) groups excluding carboxylic acids is 1. The van der Waals surface area contributed by atoms with Crippen molar-refractivity contribution in [2.45, 2.75) is 33.1 Å². The topological polar surface area (TPSA) is 29.1 Å². The molecular weight excluding hydrogens is 138 g/mol. The number of rotatable bonds is 5. The van der Waals surface area contributed by atoms with Gasteiger partial charge in [0.25, 0.3) is 0 Å². The van der Waals surface area contributed by atoms with Crippen LogP contribution >= 0.6 is 0 Å². The number of nitrogens with one attached hydrogen (secondary N) is 1. The minimum Gasteiger partial charge on any atom is -0.356 e. The number of carbonyl (C=O) groups is 1. The van der Waals surface area contributed by atoms with Crippen molar-refractivity contribution in [3.8, 4) is 0 Å². The molecule has 0 aliphatic rings. The molecule has 1 N–H and O–H groups in total. The molecule has 0 saturated carbocycles. The number of amides is 1. The van der Waals surface area contributed by atoms with Gasteiger partial charge in [0.2, 0.25) is 5.91 Å². The Morgan fingerprint density at radius 3 is 2.64 bits per heavy atom. The van der Waals surface area contributed by atoms with E-state index < -0.39 is 0 Å². The van der Waals surface area contributed by atoms with E-state index in [1.54, 1.807) is 0 Å². The van der Waals surface area contributed by atoms with Crippen molar-refractivity contribution in [3.63, 3.8) is 0 Å². The van der Waals surface area contributed by atoms with Crippen molar-refractivity contribution in [2.75, 3.05) is 6.54 Å². The molecule has 2 nitrogen and oxygen atoms in total. The zero-order valence-electron chi connectivity index (χ0n) is 7.52. The summed E-state index contributed by atoms with van der Waals surface area (Å²) in [6, 6.07) is 0. The van der Waals surface area contributed by atoms with E-state index >= 15 is 0 Å². The Morgan fingerprint density at radius 1 is 1.55 bits per heavy atom. The van der Waals surface area contributed by atoms with Gasteiger partial charge in [-0.3, -0.25) is 4.79 Å². The molecule has 0 unspecified atom stereocenters. The first-order chi connectivity index (χ1) is 5.16. The molecule has 0 atom stereocenters. The van der Waals surface area contributed by atoms with Crippen LogP contribution in [0.3, 0.4) is 0 Å². The molecule has 0 fully saturated rings. The van der Waals surface area contributed by atoms with Gasteiger partial charge in [0, 0.05) is 13.0 Å². The Balaban J connectivity index is 3.23. The largest absolute Gasteiger partial charge is 0.356 e. The summed E-state index contributed by atoms with van der Waals surface area (Å²) in [5.41, 5.74) is 0. The highest BCUT2D eigenvalue weighted by Gasteiger charge is 1.99. The first-order valence-corrected chi connectivity index (χ1v) is 4.22. The lowest BCUT2D eigenvalue weighted by Gasteiger charge is -2.06. The van der Waals surface area contributed by atoms with Crippen LogP contribution in [0, 0.1) is 12.8 Å². The normalized spacial score (nSPS) is 10.2. The highest BCUT2D eigenvalue weighted by atomic mass is 16.1. The summed E-state index contributed by atoms with van der Waals surface area (Å²) in [6.45, 7) is 8.63. The van der Waals surface area contributed by atoms with E-state index in [-0.39, 0.29) is 5.91 Å². The predicted molar refractivity (Wildman–Crippen MR) is 47.1 cm³/mol. The van der Waals surface area contributed by atoms with Crippen LogP contribution in [-0.4, -0.2) is 12.5 Å². The molecule has 0 aliphatic carbocycles. The Labute approximate surface area is 69.4 Å². The Hall–Kier alpha value is -0.530. The van der Waals surface area contributed by atoms with Gasteiger partial charge in [0.15, 0.2) is 0 Å². The second-order valence-corrected chi connectivity index (χ2v) is 3.16. The van der Waals surface area contributed by atoms with Crippen molar-refractivity contribution in [2.24, 2.45) is 5.92 Å². The van der Waals surface area contributed by atoms with E-state index in [2.05, 4.69) is 26.1 Å². The highest BCUT2D eigenvalue weighted by Crippen LogP contribution is 1.94. The molecule has 11 heavy (non-hydrogen) atoms. The Bertz CT molecular complexity index is 110. The Morgan fingerprint density at radius 2 is 2.18 bits per heavy atom. The third-order valence-corrected chi connectivity index (χ3v) is 1.36. The molecular formula is C9H18NO. The quantitative estimate of drug-likeness (QED) is 0.645. The van der Waals surface area contributed by atoms with E-state index in [0.717, 1.165) is 19.4 Å². The molecule has 0 aliphatic heterocycles. The average Bonchev–Trinajstić information content (AvgIpc) is 1.97. The van der Waals surface area contributed by atoms with Crippen LogP contribution in [0.5, 0.6) is 0 Å². The third-order valence-electron chi connectivity index (χ3n) is 1.36. The number of unbranched alkanes of at least 4 members (excludes halogenated alkanes) is 1. The van der Waals surface area contributed by atoms with Crippen LogP contribution < -0.4 is 5.32 Å². The fourth-order valence-electron chi connectivity index (χ4n) is 0.692. The maximum atomic E-state index is 11.0. The molecule has 0 rings (SSSR count). The van der Waals surface area contributed by atoms with Gasteiger partial charge in [-0.25, -0.2) is 0 Å². The number of hydrogen-bond donors (Lipinski definition) is 1. The summed E-state index contributed by atoms with van der Waals surface area (Å²) >= 11 is 0. The number of hydrogen-bond acceptors (Lipinski definition) is 1. The lowest BCUT2D eigenvalue weighted by molar-refractivity contribution is -0.121. The summed E-state index contributed by atoms with van der Waals surface area (Å²) in [7, 11) is 0.